The Labute approximate surface area is 185 Å². The fourth-order valence-electron chi connectivity index (χ4n) is 5.53. The highest BCUT2D eigenvalue weighted by molar-refractivity contribution is 7.09. The lowest BCUT2D eigenvalue weighted by atomic mass is 9.81. The van der Waals surface area contributed by atoms with Crippen LogP contribution >= 0.6 is 11.3 Å². The van der Waals surface area contributed by atoms with Crippen LogP contribution in [0, 0.1) is 5.92 Å². The molecule has 2 aliphatic rings. The molecule has 0 N–H and O–H groups in total. The van der Waals surface area contributed by atoms with Crippen molar-refractivity contribution in [2.75, 3.05) is 19.6 Å². The van der Waals surface area contributed by atoms with Crippen molar-refractivity contribution < 1.29 is 0 Å². The number of benzene rings is 2. The first-order valence-electron chi connectivity index (χ1n) is 11.4. The topological polar surface area (TPSA) is 6.48 Å². The van der Waals surface area contributed by atoms with Crippen molar-refractivity contribution in [2.45, 2.75) is 44.8 Å². The Kier molecular flexibility index (Phi) is 6.03. The lowest BCUT2D eigenvalue weighted by Gasteiger charge is -2.39. The predicted octanol–water partition coefficient (Wildman–Crippen LogP) is 5.80. The van der Waals surface area contributed by atoms with E-state index in [1.807, 2.05) is 11.3 Å². The molecule has 156 valence electrons. The molecule has 2 saturated heterocycles. The van der Waals surface area contributed by atoms with Gasteiger partial charge >= 0.3 is 0 Å². The second-order valence-corrected chi connectivity index (χ2v) is 9.98. The van der Waals surface area contributed by atoms with Crippen LogP contribution in [0.25, 0.3) is 0 Å². The normalized spacial score (nSPS) is 24.8. The van der Waals surface area contributed by atoms with Crippen molar-refractivity contribution in [3.8, 4) is 0 Å². The van der Waals surface area contributed by atoms with Crippen LogP contribution < -0.4 is 0 Å². The van der Waals surface area contributed by atoms with E-state index in [4.69, 9.17) is 0 Å². The number of piperidine rings is 1. The Bertz CT molecular complexity index is 919. The van der Waals surface area contributed by atoms with E-state index < -0.39 is 0 Å². The molecule has 2 nitrogen and oxygen atoms in total. The summed E-state index contributed by atoms with van der Waals surface area (Å²) in [5, 5.41) is 2.21. The Morgan fingerprint density at radius 2 is 1.70 bits per heavy atom. The molecule has 1 aromatic heterocycles. The maximum absolute atomic E-state index is 2.78. The maximum Gasteiger partial charge on any atom is 0.0328 e. The molecule has 30 heavy (non-hydrogen) atoms. The van der Waals surface area contributed by atoms with Gasteiger partial charge < -0.3 is 0 Å². The van der Waals surface area contributed by atoms with Gasteiger partial charge in [0.2, 0.25) is 0 Å². The van der Waals surface area contributed by atoms with Crippen molar-refractivity contribution in [1.82, 2.24) is 9.80 Å². The summed E-state index contributed by atoms with van der Waals surface area (Å²) in [6.45, 7) is 8.05. The Hall–Kier alpha value is -1.94. The van der Waals surface area contributed by atoms with E-state index >= 15 is 0 Å². The minimum atomic E-state index is 0.635. The van der Waals surface area contributed by atoms with Crippen molar-refractivity contribution in [3.05, 3.63) is 93.7 Å². The summed E-state index contributed by atoms with van der Waals surface area (Å²) < 4.78 is 0. The largest absolute Gasteiger partial charge is 0.298 e. The van der Waals surface area contributed by atoms with Crippen LogP contribution in [0.5, 0.6) is 0 Å². The first kappa shape index (κ1) is 20.0. The van der Waals surface area contributed by atoms with Crippen LogP contribution in [0.1, 0.15) is 40.8 Å². The van der Waals surface area contributed by atoms with E-state index in [9.17, 15) is 0 Å². The van der Waals surface area contributed by atoms with Crippen LogP contribution in [0.15, 0.2) is 72.1 Å². The van der Waals surface area contributed by atoms with Crippen LogP contribution in [0.3, 0.4) is 0 Å². The molecule has 0 saturated carbocycles. The number of likely N-dealkylation sites (tertiary alicyclic amines) is 2. The molecule has 3 heterocycles. The predicted molar refractivity (Wildman–Crippen MR) is 127 cm³/mol. The Morgan fingerprint density at radius 1 is 0.867 bits per heavy atom. The van der Waals surface area contributed by atoms with E-state index in [1.54, 1.807) is 0 Å². The highest BCUT2D eigenvalue weighted by atomic mass is 32.1. The first-order chi connectivity index (χ1) is 14.8. The number of hydrogen-bond donors (Lipinski definition) is 0. The van der Waals surface area contributed by atoms with Gasteiger partial charge in [-0.15, -0.1) is 11.3 Å². The third-order valence-corrected chi connectivity index (χ3v) is 7.99. The highest BCUT2D eigenvalue weighted by Crippen LogP contribution is 2.42. The molecular formula is C27H32N2S. The van der Waals surface area contributed by atoms with Gasteiger partial charge in [0.05, 0.1) is 0 Å². The van der Waals surface area contributed by atoms with Gasteiger partial charge in [0.1, 0.15) is 0 Å². The van der Waals surface area contributed by atoms with Gasteiger partial charge in [-0.05, 0) is 46.9 Å². The third-order valence-electron chi connectivity index (χ3n) is 7.13. The number of aryl methyl sites for hydroxylation is 1. The van der Waals surface area contributed by atoms with Gasteiger partial charge in [-0.2, -0.15) is 0 Å². The van der Waals surface area contributed by atoms with Crippen molar-refractivity contribution in [3.63, 3.8) is 0 Å². The standard InChI is InChI=1S/C27H32N2S/c1-2-21-10-12-23(13-11-21)25-20-29(17-22-7-4-3-5-8-22)27-14-15-28(19-26(25)27)18-24-9-6-16-30-24/h3-13,16,25-27H,2,14-15,17-20H2,1H3/t25-,26-,27-/m0/s1. The lowest BCUT2D eigenvalue weighted by molar-refractivity contribution is 0.101. The lowest BCUT2D eigenvalue weighted by Crippen LogP contribution is -2.45. The van der Waals surface area contributed by atoms with Crippen molar-refractivity contribution >= 4 is 11.3 Å². The van der Waals surface area contributed by atoms with Crippen molar-refractivity contribution in [2.24, 2.45) is 5.92 Å². The maximum atomic E-state index is 2.78. The van der Waals surface area contributed by atoms with E-state index in [1.165, 1.54) is 47.6 Å². The molecule has 0 bridgehead atoms. The molecule has 5 rings (SSSR count). The minimum Gasteiger partial charge on any atom is -0.298 e. The van der Waals surface area contributed by atoms with E-state index in [2.05, 4.69) is 88.8 Å². The number of fused-ring (bicyclic) bond motifs is 1. The van der Waals surface area contributed by atoms with E-state index in [0.717, 1.165) is 25.4 Å². The molecule has 0 unspecified atom stereocenters. The van der Waals surface area contributed by atoms with Gasteiger partial charge in [0, 0.05) is 49.6 Å². The molecule has 2 aromatic carbocycles. The summed E-state index contributed by atoms with van der Waals surface area (Å²) in [7, 11) is 0. The summed E-state index contributed by atoms with van der Waals surface area (Å²) >= 11 is 1.89. The van der Waals surface area contributed by atoms with Crippen LogP contribution in [0.2, 0.25) is 0 Å². The Balaban J connectivity index is 1.38. The van der Waals surface area contributed by atoms with E-state index in [0.29, 0.717) is 12.0 Å². The molecular weight excluding hydrogens is 384 g/mol. The smallest absolute Gasteiger partial charge is 0.0328 e. The molecule has 3 aromatic rings. The molecule has 3 atom stereocenters. The fourth-order valence-corrected chi connectivity index (χ4v) is 6.28. The summed E-state index contributed by atoms with van der Waals surface area (Å²) in [4.78, 5) is 6.98. The molecule has 0 radical (unpaired) electrons. The molecule has 0 spiro atoms. The summed E-state index contributed by atoms with van der Waals surface area (Å²) in [6, 6.07) is 25.7. The fraction of sp³-hybridized carbons (Fsp3) is 0.407. The molecule has 2 aliphatic heterocycles. The highest BCUT2D eigenvalue weighted by Gasteiger charge is 2.44. The van der Waals surface area contributed by atoms with Gasteiger partial charge in [-0.3, -0.25) is 9.80 Å². The number of hydrogen-bond acceptors (Lipinski definition) is 3. The van der Waals surface area contributed by atoms with Gasteiger partial charge in [-0.1, -0.05) is 67.6 Å². The van der Waals surface area contributed by atoms with Gasteiger partial charge in [0.25, 0.3) is 0 Å². The average Bonchev–Trinajstić information content (AvgIpc) is 3.43. The SMILES string of the molecule is CCc1ccc([C@@H]2CN(Cc3ccccc3)[C@H]3CCN(Cc4cccs4)C[C@@H]23)cc1. The van der Waals surface area contributed by atoms with Crippen LogP contribution in [-0.2, 0) is 19.5 Å². The minimum absolute atomic E-state index is 0.635. The van der Waals surface area contributed by atoms with Crippen LogP contribution in [0.4, 0.5) is 0 Å². The summed E-state index contributed by atoms with van der Waals surface area (Å²) in [5.74, 6) is 1.35. The van der Waals surface area contributed by atoms with Gasteiger partial charge in [0.15, 0.2) is 0 Å². The zero-order valence-corrected chi connectivity index (χ0v) is 18.7. The molecule has 0 amide bonds. The number of rotatable bonds is 6. The second kappa shape index (κ2) is 9.05. The first-order valence-corrected chi connectivity index (χ1v) is 12.3. The summed E-state index contributed by atoms with van der Waals surface area (Å²) in [6.07, 6.45) is 2.40. The number of thiophene rings is 1. The van der Waals surface area contributed by atoms with E-state index in [-0.39, 0.29) is 0 Å². The average molecular weight is 417 g/mol. The molecule has 0 aliphatic carbocycles. The Morgan fingerprint density at radius 3 is 2.43 bits per heavy atom. The second-order valence-electron chi connectivity index (χ2n) is 8.95. The quantitative estimate of drug-likeness (QED) is 0.501. The zero-order chi connectivity index (χ0) is 20.3. The third kappa shape index (κ3) is 4.25. The van der Waals surface area contributed by atoms with Gasteiger partial charge in [-0.25, -0.2) is 0 Å². The van der Waals surface area contributed by atoms with Crippen LogP contribution in [-0.4, -0.2) is 35.5 Å². The zero-order valence-electron chi connectivity index (χ0n) is 17.9. The monoisotopic (exact) mass is 416 g/mol. The summed E-state index contributed by atoms with van der Waals surface area (Å²) in [5.41, 5.74) is 4.42. The van der Waals surface area contributed by atoms with Crippen molar-refractivity contribution in [1.29, 1.82) is 0 Å². The molecule has 2 fully saturated rings. The number of nitrogens with zero attached hydrogens (tertiary/aromatic N) is 2. The molecule has 3 heteroatoms.